The Labute approximate surface area is 98.9 Å². The number of aromatic nitrogens is 1. The molecule has 1 heterocycles. The second-order valence-electron chi connectivity index (χ2n) is 4.23. The van der Waals surface area contributed by atoms with Gasteiger partial charge in [-0.15, -0.1) is 0 Å². The summed E-state index contributed by atoms with van der Waals surface area (Å²) in [5.74, 6) is -0.524. The maximum atomic E-state index is 10.6. The Morgan fingerprint density at radius 1 is 1.71 bits per heavy atom. The minimum atomic E-state index is -1.07. The van der Waals surface area contributed by atoms with Crippen LogP contribution in [0.4, 0.5) is 0 Å². The fourth-order valence-corrected chi connectivity index (χ4v) is 2.08. The molecule has 6 heteroatoms. The van der Waals surface area contributed by atoms with Crippen LogP contribution < -0.4 is 5.32 Å². The summed E-state index contributed by atoms with van der Waals surface area (Å²) in [7, 11) is 1.72. The van der Waals surface area contributed by atoms with Crippen LogP contribution >= 0.6 is 0 Å². The average molecular weight is 240 g/mol. The first kappa shape index (κ1) is 12.1. The molecule has 1 aromatic heterocycles. The van der Waals surface area contributed by atoms with Crippen LogP contribution in [-0.4, -0.2) is 35.5 Å². The lowest BCUT2D eigenvalue weighted by Crippen LogP contribution is -2.26. The van der Waals surface area contributed by atoms with Crippen LogP contribution in [0.3, 0.4) is 0 Å². The normalized spacial score (nSPS) is 24.1. The monoisotopic (exact) mass is 240 g/mol. The van der Waals surface area contributed by atoms with Crippen molar-refractivity contribution >= 4 is 5.97 Å². The minimum Gasteiger partial charge on any atom is -0.476 e. The lowest BCUT2D eigenvalue weighted by molar-refractivity contribution is 0.0685. The van der Waals surface area contributed by atoms with Gasteiger partial charge < -0.3 is 19.7 Å². The van der Waals surface area contributed by atoms with Gasteiger partial charge in [0, 0.05) is 19.2 Å². The number of aromatic carboxylic acids is 1. The van der Waals surface area contributed by atoms with Gasteiger partial charge in [0.05, 0.1) is 12.6 Å². The molecule has 1 aromatic rings. The molecule has 0 bridgehead atoms. The van der Waals surface area contributed by atoms with E-state index in [1.165, 1.54) is 6.07 Å². The molecule has 0 aliphatic heterocycles. The summed E-state index contributed by atoms with van der Waals surface area (Å²) in [6, 6.07) is 1.84. The van der Waals surface area contributed by atoms with E-state index in [0.29, 0.717) is 24.5 Å². The number of hydrogen-bond acceptors (Lipinski definition) is 5. The van der Waals surface area contributed by atoms with E-state index in [4.69, 9.17) is 14.4 Å². The zero-order valence-corrected chi connectivity index (χ0v) is 9.68. The number of carboxylic acid groups (broad SMARTS) is 1. The molecule has 2 rings (SSSR count). The Kier molecular flexibility index (Phi) is 3.75. The van der Waals surface area contributed by atoms with Gasteiger partial charge in [0.2, 0.25) is 0 Å². The first-order valence-electron chi connectivity index (χ1n) is 5.64. The number of carboxylic acids is 1. The summed E-state index contributed by atoms with van der Waals surface area (Å²) in [5, 5.41) is 15.4. The van der Waals surface area contributed by atoms with Gasteiger partial charge in [-0.05, 0) is 19.3 Å². The zero-order chi connectivity index (χ0) is 12.3. The maximum Gasteiger partial charge on any atom is 0.358 e. The van der Waals surface area contributed by atoms with E-state index in [1.807, 2.05) is 0 Å². The molecular formula is C11H16N2O4. The highest BCUT2D eigenvalue weighted by molar-refractivity contribution is 5.85. The van der Waals surface area contributed by atoms with E-state index < -0.39 is 5.97 Å². The first-order valence-corrected chi connectivity index (χ1v) is 5.64. The van der Waals surface area contributed by atoms with Crippen molar-refractivity contribution in [1.29, 1.82) is 0 Å². The molecule has 1 aliphatic rings. The van der Waals surface area contributed by atoms with E-state index in [-0.39, 0.29) is 5.69 Å². The van der Waals surface area contributed by atoms with Crippen molar-refractivity contribution in [2.24, 2.45) is 0 Å². The molecule has 1 fully saturated rings. The SMILES string of the molecule is COC1CCC(NCc2cc(C(=O)O)no2)C1. The average Bonchev–Trinajstić information content (AvgIpc) is 2.95. The van der Waals surface area contributed by atoms with Crippen LogP contribution in [-0.2, 0) is 11.3 Å². The Hall–Kier alpha value is -1.40. The van der Waals surface area contributed by atoms with E-state index in [1.54, 1.807) is 7.11 Å². The van der Waals surface area contributed by atoms with Gasteiger partial charge in [0.25, 0.3) is 0 Å². The molecular weight excluding hydrogens is 224 g/mol. The number of nitrogens with zero attached hydrogens (tertiary/aromatic N) is 1. The fourth-order valence-electron chi connectivity index (χ4n) is 2.08. The molecule has 1 aliphatic carbocycles. The van der Waals surface area contributed by atoms with Gasteiger partial charge in [-0.25, -0.2) is 4.79 Å². The molecule has 0 spiro atoms. The van der Waals surface area contributed by atoms with Crippen molar-refractivity contribution in [2.75, 3.05) is 7.11 Å². The number of nitrogens with one attached hydrogen (secondary N) is 1. The van der Waals surface area contributed by atoms with Crippen LogP contribution in [0.15, 0.2) is 10.6 Å². The largest absolute Gasteiger partial charge is 0.476 e. The lowest BCUT2D eigenvalue weighted by atomic mass is 10.2. The van der Waals surface area contributed by atoms with E-state index in [9.17, 15) is 4.79 Å². The zero-order valence-electron chi connectivity index (χ0n) is 9.68. The van der Waals surface area contributed by atoms with Crippen molar-refractivity contribution in [1.82, 2.24) is 10.5 Å². The maximum absolute atomic E-state index is 10.6. The molecule has 0 radical (unpaired) electrons. The molecule has 0 amide bonds. The highest BCUT2D eigenvalue weighted by atomic mass is 16.5. The van der Waals surface area contributed by atoms with Crippen molar-refractivity contribution < 1.29 is 19.2 Å². The van der Waals surface area contributed by atoms with Crippen molar-refractivity contribution in [3.63, 3.8) is 0 Å². The van der Waals surface area contributed by atoms with Gasteiger partial charge in [-0.3, -0.25) is 0 Å². The topological polar surface area (TPSA) is 84.6 Å². The minimum absolute atomic E-state index is 0.0528. The summed E-state index contributed by atoms with van der Waals surface area (Å²) < 4.78 is 10.2. The molecule has 94 valence electrons. The van der Waals surface area contributed by atoms with Crippen molar-refractivity contribution in [3.05, 3.63) is 17.5 Å². The summed E-state index contributed by atoms with van der Waals surface area (Å²) in [6.45, 7) is 0.501. The van der Waals surface area contributed by atoms with E-state index in [2.05, 4.69) is 10.5 Å². The summed E-state index contributed by atoms with van der Waals surface area (Å²) >= 11 is 0. The molecule has 2 N–H and O–H groups in total. The molecule has 2 atom stereocenters. The van der Waals surface area contributed by atoms with Gasteiger partial charge in [0.1, 0.15) is 0 Å². The number of hydrogen-bond donors (Lipinski definition) is 2. The van der Waals surface area contributed by atoms with Gasteiger partial charge in [-0.2, -0.15) is 0 Å². The smallest absolute Gasteiger partial charge is 0.358 e. The van der Waals surface area contributed by atoms with Gasteiger partial charge in [-0.1, -0.05) is 5.16 Å². The lowest BCUT2D eigenvalue weighted by Gasteiger charge is -2.10. The third kappa shape index (κ3) is 3.04. The Morgan fingerprint density at radius 3 is 3.12 bits per heavy atom. The summed E-state index contributed by atoms with van der Waals surface area (Å²) in [5.41, 5.74) is -0.0528. The van der Waals surface area contributed by atoms with Crippen LogP contribution in [0.5, 0.6) is 0 Å². The summed E-state index contributed by atoms with van der Waals surface area (Å²) in [6.07, 6.45) is 3.44. The number of carbonyl (C=O) groups is 1. The van der Waals surface area contributed by atoms with E-state index in [0.717, 1.165) is 19.3 Å². The number of ether oxygens (including phenoxy) is 1. The molecule has 0 aromatic carbocycles. The molecule has 2 unspecified atom stereocenters. The van der Waals surface area contributed by atoms with E-state index >= 15 is 0 Å². The van der Waals surface area contributed by atoms with Crippen LogP contribution in [0.1, 0.15) is 35.5 Å². The molecule has 6 nitrogen and oxygen atoms in total. The van der Waals surface area contributed by atoms with Crippen molar-refractivity contribution in [3.8, 4) is 0 Å². The van der Waals surface area contributed by atoms with Gasteiger partial charge >= 0.3 is 5.97 Å². The molecule has 17 heavy (non-hydrogen) atoms. The second kappa shape index (κ2) is 5.29. The van der Waals surface area contributed by atoms with Crippen LogP contribution in [0.2, 0.25) is 0 Å². The summed E-state index contributed by atoms with van der Waals surface area (Å²) in [4.78, 5) is 10.6. The Morgan fingerprint density at radius 2 is 2.53 bits per heavy atom. The van der Waals surface area contributed by atoms with Crippen LogP contribution in [0, 0.1) is 0 Å². The Bertz CT molecular complexity index is 391. The molecule has 0 saturated heterocycles. The predicted molar refractivity (Wildman–Crippen MR) is 58.7 cm³/mol. The fraction of sp³-hybridized carbons (Fsp3) is 0.636. The quantitative estimate of drug-likeness (QED) is 0.799. The third-order valence-corrected chi connectivity index (χ3v) is 3.06. The second-order valence-corrected chi connectivity index (χ2v) is 4.23. The third-order valence-electron chi connectivity index (χ3n) is 3.06. The molecule has 1 saturated carbocycles. The van der Waals surface area contributed by atoms with Gasteiger partial charge in [0.15, 0.2) is 11.5 Å². The number of rotatable bonds is 5. The number of methoxy groups -OCH3 is 1. The first-order chi connectivity index (χ1) is 8.19. The highest BCUT2D eigenvalue weighted by Crippen LogP contribution is 2.21. The predicted octanol–water partition coefficient (Wildman–Crippen LogP) is 1.03. The van der Waals surface area contributed by atoms with Crippen LogP contribution in [0.25, 0.3) is 0 Å². The van der Waals surface area contributed by atoms with Crippen molar-refractivity contribution in [2.45, 2.75) is 38.0 Å². The highest BCUT2D eigenvalue weighted by Gasteiger charge is 2.24. The standard InChI is InChI=1S/C11H16N2O4/c1-16-8-3-2-7(4-8)12-6-9-5-10(11(14)15)13-17-9/h5,7-8,12H,2-4,6H2,1H3,(H,14,15). The Balaban J connectivity index is 1.80.